The third-order valence-electron chi connectivity index (χ3n) is 2.77. The predicted octanol–water partition coefficient (Wildman–Crippen LogP) is 4.79. The van der Waals surface area contributed by atoms with Crippen LogP contribution in [0, 0.1) is 5.82 Å². The summed E-state index contributed by atoms with van der Waals surface area (Å²) < 4.78 is 13.2. The molecule has 0 radical (unpaired) electrons. The van der Waals surface area contributed by atoms with E-state index in [9.17, 15) is 4.39 Å². The quantitative estimate of drug-likeness (QED) is 0.821. The molecule has 0 heterocycles. The Kier molecular flexibility index (Phi) is 4.86. The van der Waals surface area contributed by atoms with Crippen LogP contribution in [0.5, 0.6) is 0 Å². The van der Waals surface area contributed by atoms with Crippen molar-refractivity contribution in [1.29, 1.82) is 0 Å². The minimum Gasteiger partial charge on any atom is -0.324 e. The van der Waals surface area contributed by atoms with E-state index in [1.807, 2.05) is 31.2 Å². The first-order chi connectivity index (χ1) is 9.06. The Bertz CT molecular complexity index is 555. The van der Waals surface area contributed by atoms with Crippen LogP contribution in [0.25, 0.3) is 0 Å². The van der Waals surface area contributed by atoms with Gasteiger partial charge in [0, 0.05) is 21.7 Å². The second-order valence-electron chi connectivity index (χ2n) is 4.39. The van der Waals surface area contributed by atoms with Gasteiger partial charge in [-0.25, -0.2) is 4.39 Å². The standard InChI is InChI=1S/C15H15ClFNS/c1-10(18)14-8-13(17)6-7-15(14)19-9-11-2-4-12(16)5-3-11/h2-8,10H,9,18H2,1H3. The highest BCUT2D eigenvalue weighted by Gasteiger charge is 2.09. The Labute approximate surface area is 122 Å². The first-order valence-electron chi connectivity index (χ1n) is 5.98. The Morgan fingerprint density at radius 2 is 1.89 bits per heavy atom. The van der Waals surface area contributed by atoms with E-state index in [4.69, 9.17) is 17.3 Å². The Morgan fingerprint density at radius 1 is 1.21 bits per heavy atom. The first-order valence-corrected chi connectivity index (χ1v) is 7.35. The van der Waals surface area contributed by atoms with Gasteiger partial charge in [-0.15, -0.1) is 11.8 Å². The normalized spacial score (nSPS) is 12.4. The van der Waals surface area contributed by atoms with Crippen molar-refractivity contribution >= 4 is 23.4 Å². The largest absolute Gasteiger partial charge is 0.324 e. The van der Waals surface area contributed by atoms with Crippen LogP contribution in [-0.2, 0) is 5.75 Å². The molecule has 0 aliphatic rings. The molecule has 0 saturated heterocycles. The van der Waals surface area contributed by atoms with Gasteiger partial charge in [0.1, 0.15) is 5.82 Å². The van der Waals surface area contributed by atoms with Crippen molar-refractivity contribution in [3.05, 3.63) is 64.4 Å². The molecule has 2 aromatic carbocycles. The van der Waals surface area contributed by atoms with Gasteiger partial charge in [0.2, 0.25) is 0 Å². The molecular weight excluding hydrogens is 281 g/mol. The molecule has 1 nitrogen and oxygen atoms in total. The van der Waals surface area contributed by atoms with E-state index < -0.39 is 0 Å². The van der Waals surface area contributed by atoms with Crippen LogP contribution in [0.1, 0.15) is 24.1 Å². The van der Waals surface area contributed by atoms with E-state index >= 15 is 0 Å². The van der Waals surface area contributed by atoms with Crippen molar-refractivity contribution < 1.29 is 4.39 Å². The smallest absolute Gasteiger partial charge is 0.123 e. The van der Waals surface area contributed by atoms with Crippen LogP contribution in [0.2, 0.25) is 5.02 Å². The van der Waals surface area contributed by atoms with E-state index in [0.29, 0.717) is 0 Å². The number of halogens is 2. The average molecular weight is 296 g/mol. The Balaban J connectivity index is 2.13. The first kappa shape index (κ1) is 14.4. The summed E-state index contributed by atoms with van der Waals surface area (Å²) in [6.45, 7) is 1.86. The molecular formula is C15H15ClFNS. The van der Waals surface area contributed by atoms with Crippen LogP contribution in [0.4, 0.5) is 4.39 Å². The maximum atomic E-state index is 13.2. The van der Waals surface area contributed by atoms with Gasteiger partial charge in [0.25, 0.3) is 0 Å². The van der Waals surface area contributed by atoms with Gasteiger partial charge in [-0.1, -0.05) is 23.7 Å². The summed E-state index contributed by atoms with van der Waals surface area (Å²) in [4.78, 5) is 1.02. The molecule has 0 bridgehead atoms. The van der Waals surface area contributed by atoms with Gasteiger partial charge < -0.3 is 5.73 Å². The second kappa shape index (κ2) is 6.42. The lowest BCUT2D eigenvalue weighted by Crippen LogP contribution is -2.06. The molecule has 1 atom stereocenters. The van der Waals surface area contributed by atoms with Crippen LogP contribution in [0.3, 0.4) is 0 Å². The molecule has 4 heteroatoms. The van der Waals surface area contributed by atoms with Crippen molar-refractivity contribution in [2.75, 3.05) is 0 Å². The van der Waals surface area contributed by atoms with Crippen molar-refractivity contribution in [2.24, 2.45) is 5.73 Å². The molecule has 0 amide bonds. The number of nitrogens with two attached hydrogens (primary N) is 1. The minimum atomic E-state index is -0.247. The second-order valence-corrected chi connectivity index (χ2v) is 5.84. The van der Waals surface area contributed by atoms with Crippen LogP contribution >= 0.6 is 23.4 Å². The van der Waals surface area contributed by atoms with E-state index in [2.05, 4.69) is 0 Å². The van der Waals surface area contributed by atoms with E-state index in [1.54, 1.807) is 17.8 Å². The molecule has 2 N–H and O–H groups in total. The van der Waals surface area contributed by atoms with Gasteiger partial charge in [-0.05, 0) is 48.4 Å². The zero-order valence-corrected chi connectivity index (χ0v) is 12.1. The number of hydrogen-bond acceptors (Lipinski definition) is 2. The van der Waals surface area contributed by atoms with Crippen LogP contribution in [-0.4, -0.2) is 0 Å². The average Bonchev–Trinajstić information content (AvgIpc) is 2.39. The molecule has 100 valence electrons. The Morgan fingerprint density at radius 3 is 2.53 bits per heavy atom. The number of hydrogen-bond donors (Lipinski definition) is 1. The topological polar surface area (TPSA) is 26.0 Å². The number of benzene rings is 2. The maximum absolute atomic E-state index is 13.2. The van der Waals surface area contributed by atoms with Gasteiger partial charge >= 0.3 is 0 Å². The Hall–Kier alpha value is -1.03. The highest BCUT2D eigenvalue weighted by molar-refractivity contribution is 7.98. The fraction of sp³-hybridized carbons (Fsp3) is 0.200. The highest BCUT2D eigenvalue weighted by atomic mass is 35.5. The van der Waals surface area contributed by atoms with Crippen molar-refractivity contribution in [2.45, 2.75) is 23.6 Å². The van der Waals surface area contributed by atoms with Gasteiger partial charge in [-0.2, -0.15) is 0 Å². The summed E-state index contributed by atoms with van der Waals surface area (Å²) >= 11 is 7.50. The molecule has 0 spiro atoms. The molecule has 19 heavy (non-hydrogen) atoms. The molecule has 0 fully saturated rings. The summed E-state index contributed by atoms with van der Waals surface area (Å²) in [7, 11) is 0. The van der Waals surface area contributed by atoms with Gasteiger partial charge in [0.05, 0.1) is 0 Å². The fourth-order valence-electron chi connectivity index (χ4n) is 1.75. The third-order valence-corrected chi connectivity index (χ3v) is 4.18. The van der Waals surface area contributed by atoms with Gasteiger partial charge in [0.15, 0.2) is 0 Å². The van der Waals surface area contributed by atoms with Gasteiger partial charge in [-0.3, -0.25) is 0 Å². The van der Waals surface area contributed by atoms with Crippen molar-refractivity contribution in [3.63, 3.8) is 0 Å². The molecule has 0 saturated carbocycles. The van der Waals surface area contributed by atoms with E-state index in [1.165, 1.54) is 17.7 Å². The minimum absolute atomic E-state index is 0.177. The monoisotopic (exact) mass is 295 g/mol. The lowest BCUT2D eigenvalue weighted by Gasteiger charge is -2.12. The SMILES string of the molecule is CC(N)c1cc(F)ccc1SCc1ccc(Cl)cc1. The lowest BCUT2D eigenvalue weighted by atomic mass is 10.1. The third kappa shape index (κ3) is 3.96. The molecule has 2 aromatic rings. The van der Waals surface area contributed by atoms with Crippen molar-refractivity contribution in [3.8, 4) is 0 Å². The summed E-state index contributed by atoms with van der Waals surface area (Å²) in [5.74, 6) is 0.561. The molecule has 1 unspecified atom stereocenters. The zero-order valence-electron chi connectivity index (χ0n) is 10.6. The highest BCUT2D eigenvalue weighted by Crippen LogP contribution is 2.30. The lowest BCUT2D eigenvalue weighted by molar-refractivity contribution is 0.619. The zero-order chi connectivity index (χ0) is 13.8. The fourth-order valence-corrected chi connectivity index (χ4v) is 2.96. The molecule has 2 rings (SSSR count). The van der Waals surface area contributed by atoms with Crippen LogP contribution in [0.15, 0.2) is 47.4 Å². The summed E-state index contributed by atoms with van der Waals surface area (Å²) in [6, 6.07) is 12.3. The van der Waals surface area contributed by atoms with E-state index in [0.717, 1.165) is 21.2 Å². The molecule has 0 aliphatic carbocycles. The summed E-state index contributed by atoms with van der Waals surface area (Å²) in [6.07, 6.45) is 0. The maximum Gasteiger partial charge on any atom is 0.123 e. The van der Waals surface area contributed by atoms with E-state index in [-0.39, 0.29) is 11.9 Å². The van der Waals surface area contributed by atoms with Crippen LogP contribution < -0.4 is 5.73 Å². The predicted molar refractivity (Wildman–Crippen MR) is 80.0 cm³/mol. The number of thioether (sulfide) groups is 1. The molecule has 0 aromatic heterocycles. The summed E-state index contributed by atoms with van der Waals surface area (Å²) in [5.41, 5.74) is 7.90. The number of rotatable bonds is 4. The molecule has 0 aliphatic heterocycles. The summed E-state index contributed by atoms with van der Waals surface area (Å²) in [5, 5.41) is 0.729. The van der Waals surface area contributed by atoms with Crippen molar-refractivity contribution in [1.82, 2.24) is 0 Å².